The lowest BCUT2D eigenvalue weighted by Gasteiger charge is -2.37. The Balaban J connectivity index is 1.40. The predicted molar refractivity (Wildman–Crippen MR) is 118 cm³/mol. The normalized spacial score (nSPS) is 21.4. The van der Waals surface area contributed by atoms with Gasteiger partial charge >= 0.3 is 0 Å². The first-order valence-electron chi connectivity index (χ1n) is 10.7. The summed E-state index contributed by atoms with van der Waals surface area (Å²) in [5.74, 6) is -0.529. The molecule has 0 spiro atoms. The number of carbonyl (C=O) groups is 3. The van der Waals surface area contributed by atoms with Crippen LogP contribution < -0.4 is 10.2 Å². The van der Waals surface area contributed by atoms with Crippen molar-refractivity contribution in [1.82, 2.24) is 15.2 Å². The third-order valence-corrected chi connectivity index (χ3v) is 6.30. The second-order valence-electron chi connectivity index (χ2n) is 8.43. The smallest absolute Gasteiger partial charge is 0.228 e. The molecule has 1 unspecified atom stereocenters. The second kappa shape index (κ2) is 8.49. The average molecular weight is 421 g/mol. The van der Waals surface area contributed by atoms with Crippen LogP contribution in [-0.2, 0) is 19.9 Å². The van der Waals surface area contributed by atoms with E-state index in [1.54, 1.807) is 24.4 Å². The minimum absolute atomic E-state index is 0.00451. The number of piperazine rings is 1. The standard InChI is InChI=1S/C24H28N4O3/c1-17-6-7-18(2)19(15-17)27-11-13-28(14-12-27)23(31)8-9-24(20-5-3-4-10-25-20)21(29)16-22(30)26-24/h3-7,10,15H,8-9,11-14,16H2,1-2H3,(H,26,30). The van der Waals surface area contributed by atoms with Gasteiger partial charge in [-0.3, -0.25) is 19.4 Å². The lowest BCUT2D eigenvalue weighted by Crippen LogP contribution is -2.50. The van der Waals surface area contributed by atoms with E-state index in [2.05, 4.69) is 47.2 Å². The molecule has 2 saturated heterocycles. The highest BCUT2D eigenvalue weighted by Gasteiger charge is 2.48. The molecule has 3 heterocycles. The number of nitrogens with one attached hydrogen (secondary N) is 1. The van der Waals surface area contributed by atoms with E-state index < -0.39 is 5.54 Å². The molecule has 0 saturated carbocycles. The van der Waals surface area contributed by atoms with Crippen molar-refractivity contribution in [2.75, 3.05) is 31.1 Å². The molecule has 4 rings (SSSR count). The van der Waals surface area contributed by atoms with Gasteiger partial charge in [0.25, 0.3) is 0 Å². The fraction of sp³-hybridized carbons (Fsp3) is 0.417. The Morgan fingerprint density at radius 2 is 1.87 bits per heavy atom. The largest absolute Gasteiger partial charge is 0.368 e. The van der Waals surface area contributed by atoms with Gasteiger partial charge in [-0.15, -0.1) is 0 Å². The lowest BCUT2D eigenvalue weighted by molar-refractivity contribution is -0.132. The van der Waals surface area contributed by atoms with E-state index in [-0.39, 0.29) is 36.9 Å². The van der Waals surface area contributed by atoms with E-state index >= 15 is 0 Å². The fourth-order valence-electron chi connectivity index (χ4n) is 4.51. The molecule has 1 atom stereocenters. The third kappa shape index (κ3) is 4.17. The van der Waals surface area contributed by atoms with Gasteiger partial charge in [0.05, 0.1) is 12.1 Å². The summed E-state index contributed by atoms with van der Waals surface area (Å²) >= 11 is 0. The molecule has 0 bridgehead atoms. The number of benzene rings is 1. The van der Waals surface area contributed by atoms with Crippen LogP contribution in [0.25, 0.3) is 0 Å². The topological polar surface area (TPSA) is 82.6 Å². The Bertz CT molecular complexity index is 999. The van der Waals surface area contributed by atoms with Crippen LogP contribution >= 0.6 is 0 Å². The van der Waals surface area contributed by atoms with Crippen LogP contribution in [-0.4, -0.2) is 53.7 Å². The van der Waals surface area contributed by atoms with Gasteiger partial charge in [0.2, 0.25) is 11.8 Å². The molecule has 2 amide bonds. The van der Waals surface area contributed by atoms with Gasteiger partial charge in [0.1, 0.15) is 5.54 Å². The molecule has 7 nitrogen and oxygen atoms in total. The first kappa shape index (κ1) is 21.0. The monoisotopic (exact) mass is 420 g/mol. The first-order chi connectivity index (χ1) is 14.9. The Hall–Kier alpha value is -3.22. The van der Waals surface area contributed by atoms with Gasteiger partial charge < -0.3 is 15.1 Å². The number of Topliss-reactive ketones (excluding diaryl/α,β-unsaturated/α-hetero) is 1. The highest BCUT2D eigenvalue weighted by molar-refractivity contribution is 6.10. The summed E-state index contributed by atoms with van der Waals surface area (Å²) < 4.78 is 0. The number of carbonyl (C=O) groups excluding carboxylic acids is 3. The van der Waals surface area contributed by atoms with Crippen molar-refractivity contribution in [2.24, 2.45) is 0 Å². The van der Waals surface area contributed by atoms with Crippen molar-refractivity contribution in [3.8, 4) is 0 Å². The molecule has 2 aliphatic rings. The zero-order chi connectivity index (χ0) is 22.0. The van der Waals surface area contributed by atoms with Gasteiger partial charge in [0, 0.05) is 44.5 Å². The van der Waals surface area contributed by atoms with Crippen LogP contribution in [0.2, 0.25) is 0 Å². The van der Waals surface area contributed by atoms with Gasteiger partial charge in [-0.2, -0.15) is 0 Å². The third-order valence-electron chi connectivity index (χ3n) is 6.30. The number of amides is 2. The molecule has 0 radical (unpaired) electrons. The molecule has 0 aliphatic carbocycles. The average Bonchev–Trinajstić information content (AvgIpc) is 3.08. The van der Waals surface area contributed by atoms with Crippen LogP contribution in [0.3, 0.4) is 0 Å². The molecule has 2 aromatic rings. The highest BCUT2D eigenvalue weighted by Crippen LogP contribution is 2.32. The molecule has 1 N–H and O–H groups in total. The van der Waals surface area contributed by atoms with Crippen molar-refractivity contribution in [2.45, 2.75) is 38.6 Å². The number of hydrogen-bond donors (Lipinski definition) is 1. The summed E-state index contributed by atoms with van der Waals surface area (Å²) in [5.41, 5.74) is 2.98. The Morgan fingerprint density at radius 3 is 2.52 bits per heavy atom. The predicted octanol–water partition coefficient (Wildman–Crippen LogP) is 2.11. The summed E-state index contributed by atoms with van der Waals surface area (Å²) in [6, 6.07) is 11.7. The maximum Gasteiger partial charge on any atom is 0.228 e. The maximum atomic E-state index is 12.9. The molecule has 2 fully saturated rings. The molecule has 1 aromatic heterocycles. The van der Waals surface area contributed by atoms with Crippen LogP contribution in [0.15, 0.2) is 42.6 Å². The highest BCUT2D eigenvalue weighted by atomic mass is 16.2. The van der Waals surface area contributed by atoms with Crippen molar-refractivity contribution in [3.63, 3.8) is 0 Å². The number of pyridine rings is 1. The van der Waals surface area contributed by atoms with Crippen LogP contribution in [0.4, 0.5) is 5.69 Å². The zero-order valence-corrected chi connectivity index (χ0v) is 18.1. The van der Waals surface area contributed by atoms with Gasteiger partial charge in [-0.25, -0.2) is 0 Å². The Morgan fingerprint density at radius 1 is 1.10 bits per heavy atom. The number of aryl methyl sites for hydroxylation is 2. The van der Waals surface area contributed by atoms with Gasteiger partial charge in [-0.05, 0) is 49.6 Å². The quantitative estimate of drug-likeness (QED) is 0.750. The number of rotatable bonds is 5. The number of hydrogen-bond acceptors (Lipinski definition) is 5. The van der Waals surface area contributed by atoms with Gasteiger partial charge in [0.15, 0.2) is 5.78 Å². The van der Waals surface area contributed by atoms with E-state index in [0.717, 1.165) is 13.1 Å². The molecule has 7 heteroatoms. The summed E-state index contributed by atoms with van der Waals surface area (Å²) in [6.45, 7) is 7.03. The van der Waals surface area contributed by atoms with Crippen molar-refractivity contribution in [1.29, 1.82) is 0 Å². The first-order valence-corrected chi connectivity index (χ1v) is 10.7. The van der Waals surface area contributed by atoms with Crippen molar-refractivity contribution < 1.29 is 14.4 Å². The summed E-state index contributed by atoms with van der Waals surface area (Å²) in [4.78, 5) is 46.1. The number of ketones is 1. The molecule has 31 heavy (non-hydrogen) atoms. The summed E-state index contributed by atoms with van der Waals surface area (Å²) in [5, 5.41) is 2.80. The Kier molecular flexibility index (Phi) is 5.76. The number of aromatic nitrogens is 1. The van der Waals surface area contributed by atoms with Crippen LogP contribution in [0.1, 0.15) is 36.1 Å². The minimum Gasteiger partial charge on any atom is -0.368 e. The zero-order valence-electron chi connectivity index (χ0n) is 18.1. The van der Waals surface area contributed by atoms with Crippen molar-refractivity contribution >= 4 is 23.3 Å². The fourth-order valence-corrected chi connectivity index (χ4v) is 4.51. The van der Waals surface area contributed by atoms with Gasteiger partial charge in [-0.1, -0.05) is 18.2 Å². The molecular formula is C24H28N4O3. The molecule has 1 aromatic carbocycles. The minimum atomic E-state index is -1.20. The van der Waals surface area contributed by atoms with E-state index in [9.17, 15) is 14.4 Å². The summed E-state index contributed by atoms with van der Waals surface area (Å²) in [6.07, 6.45) is 1.85. The SMILES string of the molecule is Cc1ccc(C)c(N2CCN(C(=O)CCC3(c4ccccn4)NC(=O)CC3=O)CC2)c1. The molecule has 162 valence electrons. The maximum absolute atomic E-state index is 12.9. The van der Waals surface area contributed by atoms with Crippen molar-refractivity contribution in [3.05, 3.63) is 59.4 Å². The Labute approximate surface area is 182 Å². The van der Waals surface area contributed by atoms with E-state index in [4.69, 9.17) is 0 Å². The molecule has 2 aliphatic heterocycles. The van der Waals surface area contributed by atoms with Crippen LogP contribution in [0, 0.1) is 13.8 Å². The lowest BCUT2D eigenvalue weighted by atomic mass is 9.86. The number of anilines is 1. The van der Waals surface area contributed by atoms with E-state index in [0.29, 0.717) is 18.8 Å². The van der Waals surface area contributed by atoms with E-state index in [1.165, 1.54) is 16.8 Å². The van der Waals surface area contributed by atoms with Crippen LogP contribution in [0.5, 0.6) is 0 Å². The summed E-state index contributed by atoms with van der Waals surface area (Å²) in [7, 11) is 0. The number of nitrogens with zero attached hydrogens (tertiary/aromatic N) is 3. The van der Waals surface area contributed by atoms with E-state index in [1.807, 2.05) is 4.90 Å². The molecular weight excluding hydrogens is 392 g/mol. The second-order valence-corrected chi connectivity index (χ2v) is 8.43.